The molecule has 5 rings (SSSR count). The van der Waals surface area contributed by atoms with Gasteiger partial charge in [-0.25, -0.2) is 4.98 Å². The van der Waals surface area contributed by atoms with Crippen LogP contribution in [0.5, 0.6) is 0 Å². The zero-order valence-electron chi connectivity index (χ0n) is 16.2. The van der Waals surface area contributed by atoms with Gasteiger partial charge in [0.05, 0.1) is 5.69 Å². The first kappa shape index (κ1) is 20.0. The summed E-state index contributed by atoms with van der Waals surface area (Å²) in [5.74, 6) is 0. The molecule has 1 aliphatic rings. The van der Waals surface area contributed by atoms with Crippen molar-refractivity contribution in [2.45, 2.75) is 19.3 Å². The summed E-state index contributed by atoms with van der Waals surface area (Å²) >= 11 is 1.67. The number of fused-ring (bicyclic) bond motifs is 1. The lowest BCUT2D eigenvalue weighted by atomic mass is 10.1. The number of benzene rings is 2. The van der Waals surface area contributed by atoms with E-state index in [2.05, 4.69) is 75.3 Å². The van der Waals surface area contributed by atoms with E-state index in [1.54, 1.807) is 11.3 Å². The molecule has 1 saturated heterocycles. The molecule has 0 bridgehead atoms. The van der Waals surface area contributed by atoms with Gasteiger partial charge in [-0.1, -0.05) is 30.3 Å². The van der Waals surface area contributed by atoms with Crippen molar-refractivity contribution in [3.8, 4) is 11.3 Å². The third-order valence-corrected chi connectivity index (χ3v) is 6.28. The molecule has 150 valence electrons. The van der Waals surface area contributed by atoms with Crippen molar-refractivity contribution >= 4 is 50.0 Å². The highest BCUT2D eigenvalue weighted by atomic mass is 79.9. The predicted molar refractivity (Wildman–Crippen MR) is 130 cm³/mol. The standard InChI is InChI=1S/C23H24N4S.BrH/c1-2-6-21-20(5-1)18(15-25-21)11-12-24-23-26-22(16-28-23)17-7-9-19(10-8-17)27-13-3-4-14-27;/h1-2,5-10,15-16,25H,3-4,11-14H2,(H,24,26);1H. The van der Waals surface area contributed by atoms with Gasteiger partial charge >= 0.3 is 0 Å². The summed E-state index contributed by atoms with van der Waals surface area (Å²) < 4.78 is 0. The van der Waals surface area contributed by atoms with E-state index >= 15 is 0 Å². The van der Waals surface area contributed by atoms with Crippen LogP contribution in [0, 0.1) is 0 Å². The molecule has 4 aromatic rings. The summed E-state index contributed by atoms with van der Waals surface area (Å²) in [4.78, 5) is 10.6. The number of H-pyrrole nitrogens is 1. The van der Waals surface area contributed by atoms with Crippen molar-refractivity contribution in [2.75, 3.05) is 29.9 Å². The number of anilines is 2. The molecule has 2 aromatic carbocycles. The predicted octanol–water partition coefficient (Wildman–Crippen LogP) is 6.12. The van der Waals surface area contributed by atoms with Gasteiger partial charge in [0.15, 0.2) is 5.13 Å². The van der Waals surface area contributed by atoms with E-state index in [1.165, 1.54) is 53.6 Å². The minimum absolute atomic E-state index is 0. The van der Waals surface area contributed by atoms with E-state index in [4.69, 9.17) is 4.98 Å². The molecule has 6 heteroatoms. The third-order valence-electron chi connectivity index (χ3n) is 5.48. The van der Waals surface area contributed by atoms with Crippen LogP contribution < -0.4 is 10.2 Å². The molecule has 0 atom stereocenters. The summed E-state index contributed by atoms with van der Waals surface area (Å²) in [6, 6.07) is 17.3. The Balaban J connectivity index is 0.00000205. The number of hydrogen-bond acceptors (Lipinski definition) is 4. The third kappa shape index (κ3) is 4.33. The summed E-state index contributed by atoms with van der Waals surface area (Å²) in [5, 5.41) is 7.91. The van der Waals surface area contributed by atoms with Crippen LogP contribution in [0.3, 0.4) is 0 Å². The number of halogens is 1. The van der Waals surface area contributed by atoms with Gasteiger partial charge in [-0.2, -0.15) is 0 Å². The monoisotopic (exact) mass is 468 g/mol. The van der Waals surface area contributed by atoms with Crippen molar-refractivity contribution in [2.24, 2.45) is 0 Å². The van der Waals surface area contributed by atoms with Gasteiger partial charge in [0.25, 0.3) is 0 Å². The first-order chi connectivity index (χ1) is 13.9. The highest BCUT2D eigenvalue weighted by Gasteiger charge is 2.12. The van der Waals surface area contributed by atoms with Crippen molar-refractivity contribution in [3.05, 3.63) is 65.7 Å². The van der Waals surface area contributed by atoms with Crippen LogP contribution in [0.1, 0.15) is 18.4 Å². The first-order valence-corrected chi connectivity index (χ1v) is 10.8. The summed E-state index contributed by atoms with van der Waals surface area (Å²) in [6.07, 6.45) is 5.70. The van der Waals surface area contributed by atoms with Crippen molar-refractivity contribution < 1.29 is 0 Å². The molecule has 3 heterocycles. The van der Waals surface area contributed by atoms with Crippen LogP contribution in [0.25, 0.3) is 22.2 Å². The van der Waals surface area contributed by atoms with E-state index in [-0.39, 0.29) is 17.0 Å². The van der Waals surface area contributed by atoms with E-state index in [0.717, 1.165) is 23.8 Å². The Kier molecular flexibility index (Phi) is 6.21. The summed E-state index contributed by atoms with van der Waals surface area (Å²) in [5.41, 5.74) is 6.11. The van der Waals surface area contributed by atoms with Crippen LogP contribution in [-0.2, 0) is 6.42 Å². The van der Waals surface area contributed by atoms with Crippen molar-refractivity contribution in [1.82, 2.24) is 9.97 Å². The number of nitrogens with one attached hydrogen (secondary N) is 2. The Bertz CT molecular complexity index is 1060. The number of nitrogens with zero attached hydrogens (tertiary/aromatic N) is 2. The molecule has 0 amide bonds. The molecule has 0 saturated carbocycles. The molecule has 1 aliphatic heterocycles. The molecule has 1 fully saturated rings. The Morgan fingerprint density at radius 3 is 2.66 bits per heavy atom. The highest BCUT2D eigenvalue weighted by molar-refractivity contribution is 8.93. The number of para-hydroxylation sites is 1. The van der Waals surface area contributed by atoms with Gasteiger partial charge < -0.3 is 15.2 Å². The van der Waals surface area contributed by atoms with Crippen LogP contribution in [0.4, 0.5) is 10.8 Å². The SMILES string of the molecule is Br.c1ccc2c(CCNc3nc(-c4ccc(N5CCCC5)cc4)cs3)c[nH]c2c1. The van der Waals surface area contributed by atoms with Crippen LogP contribution in [0.2, 0.25) is 0 Å². The minimum Gasteiger partial charge on any atom is -0.372 e. The smallest absolute Gasteiger partial charge is 0.183 e. The molecular weight excluding hydrogens is 444 g/mol. The average Bonchev–Trinajstić information content (AvgIpc) is 3.50. The number of aromatic amines is 1. The Morgan fingerprint density at radius 1 is 1.03 bits per heavy atom. The molecule has 0 spiro atoms. The van der Waals surface area contributed by atoms with E-state index in [1.807, 2.05) is 0 Å². The molecule has 0 aliphatic carbocycles. The normalized spacial score (nSPS) is 13.6. The maximum atomic E-state index is 4.77. The Morgan fingerprint density at radius 2 is 1.83 bits per heavy atom. The second-order valence-electron chi connectivity index (χ2n) is 7.32. The highest BCUT2D eigenvalue weighted by Crippen LogP contribution is 2.28. The van der Waals surface area contributed by atoms with E-state index in [9.17, 15) is 0 Å². The Hall–Kier alpha value is -2.31. The zero-order valence-corrected chi connectivity index (χ0v) is 18.8. The zero-order chi connectivity index (χ0) is 18.8. The first-order valence-electron chi connectivity index (χ1n) is 9.96. The van der Waals surface area contributed by atoms with E-state index in [0.29, 0.717) is 0 Å². The summed E-state index contributed by atoms with van der Waals surface area (Å²) in [7, 11) is 0. The largest absolute Gasteiger partial charge is 0.372 e. The number of rotatable bonds is 6. The van der Waals surface area contributed by atoms with Crippen LogP contribution >= 0.6 is 28.3 Å². The van der Waals surface area contributed by atoms with Gasteiger partial charge in [-0.15, -0.1) is 28.3 Å². The second-order valence-corrected chi connectivity index (χ2v) is 8.17. The second kappa shape index (κ2) is 9.01. The van der Waals surface area contributed by atoms with Crippen molar-refractivity contribution in [1.29, 1.82) is 0 Å². The fraction of sp³-hybridized carbons (Fsp3) is 0.261. The molecule has 2 aromatic heterocycles. The number of hydrogen-bond donors (Lipinski definition) is 2. The molecule has 0 unspecified atom stereocenters. The van der Waals surface area contributed by atoms with Crippen LogP contribution in [-0.4, -0.2) is 29.6 Å². The summed E-state index contributed by atoms with van der Waals surface area (Å²) in [6.45, 7) is 3.24. The lowest BCUT2D eigenvalue weighted by molar-refractivity contribution is 0.949. The minimum atomic E-state index is 0. The van der Waals surface area contributed by atoms with Gasteiger partial charge in [0, 0.05) is 53.4 Å². The van der Waals surface area contributed by atoms with E-state index < -0.39 is 0 Å². The number of thiazole rings is 1. The topological polar surface area (TPSA) is 44.0 Å². The van der Waals surface area contributed by atoms with Gasteiger partial charge in [-0.3, -0.25) is 0 Å². The molecule has 29 heavy (non-hydrogen) atoms. The maximum absolute atomic E-state index is 4.77. The quantitative estimate of drug-likeness (QED) is 0.357. The van der Waals surface area contributed by atoms with Crippen molar-refractivity contribution in [3.63, 3.8) is 0 Å². The molecule has 0 radical (unpaired) electrons. The fourth-order valence-corrected chi connectivity index (χ4v) is 4.70. The van der Waals surface area contributed by atoms with Crippen LogP contribution in [0.15, 0.2) is 60.1 Å². The number of aromatic nitrogens is 2. The maximum Gasteiger partial charge on any atom is 0.183 e. The molecule has 4 nitrogen and oxygen atoms in total. The lowest BCUT2D eigenvalue weighted by Crippen LogP contribution is -2.17. The lowest BCUT2D eigenvalue weighted by Gasteiger charge is -2.17. The van der Waals surface area contributed by atoms with Gasteiger partial charge in [0.2, 0.25) is 0 Å². The Labute approximate surface area is 185 Å². The van der Waals surface area contributed by atoms with Gasteiger partial charge in [0.1, 0.15) is 0 Å². The average molecular weight is 469 g/mol. The molecule has 2 N–H and O–H groups in total. The molecular formula is C23H25BrN4S. The van der Waals surface area contributed by atoms with Gasteiger partial charge in [-0.05, 0) is 43.0 Å². The fourth-order valence-electron chi connectivity index (χ4n) is 3.95.